The van der Waals surface area contributed by atoms with E-state index in [1.165, 1.54) is 0 Å². The molecule has 1 amide bonds. The molecule has 2 saturated heterocycles. The monoisotopic (exact) mass is 255 g/mol. The molecule has 2 fully saturated rings. The lowest BCUT2D eigenvalue weighted by atomic mass is 10.0. The van der Waals surface area contributed by atoms with Crippen molar-refractivity contribution < 1.29 is 9.53 Å². The van der Waals surface area contributed by atoms with Crippen LogP contribution in [0.2, 0.25) is 0 Å². The Hall–Kier alpha value is -0.650. The molecule has 3 unspecified atom stereocenters. The second-order valence-corrected chi connectivity index (χ2v) is 5.90. The molecule has 18 heavy (non-hydrogen) atoms. The molecule has 5 heteroatoms. The number of amides is 1. The minimum atomic E-state index is 0.0686. The topological polar surface area (TPSA) is 53.6 Å². The summed E-state index contributed by atoms with van der Waals surface area (Å²) in [6, 6.07) is 0. The molecule has 0 aliphatic carbocycles. The number of ether oxygens (including phenoxy) is 1. The van der Waals surface area contributed by atoms with Crippen LogP contribution in [0, 0.1) is 0 Å². The van der Waals surface area contributed by atoms with E-state index in [2.05, 4.69) is 17.6 Å². The summed E-state index contributed by atoms with van der Waals surface area (Å²) in [7, 11) is 0. The predicted molar refractivity (Wildman–Crippen MR) is 70.5 cm³/mol. The van der Waals surface area contributed by atoms with Gasteiger partial charge in [0.1, 0.15) is 0 Å². The fourth-order valence-electron chi connectivity index (χ4n) is 2.75. The van der Waals surface area contributed by atoms with Gasteiger partial charge in [-0.15, -0.1) is 0 Å². The van der Waals surface area contributed by atoms with Crippen LogP contribution in [0.5, 0.6) is 0 Å². The Morgan fingerprint density at radius 3 is 2.67 bits per heavy atom. The van der Waals surface area contributed by atoms with Gasteiger partial charge in [-0.1, -0.05) is 0 Å². The van der Waals surface area contributed by atoms with Crippen LogP contribution in [0.25, 0.3) is 0 Å². The fraction of sp³-hybridized carbons (Fsp3) is 0.923. The summed E-state index contributed by atoms with van der Waals surface area (Å²) in [6.07, 6.45) is 1.36. The SMILES string of the molecule is CC1CN(C(=O)CNC2(C)CCNC2)CC(C)O1. The molecule has 0 aromatic rings. The highest BCUT2D eigenvalue weighted by molar-refractivity contribution is 5.78. The first-order chi connectivity index (χ1) is 8.48. The summed E-state index contributed by atoms with van der Waals surface area (Å²) >= 11 is 0. The maximum absolute atomic E-state index is 12.2. The molecule has 0 spiro atoms. The minimum Gasteiger partial charge on any atom is -0.372 e. The Morgan fingerprint density at radius 2 is 2.11 bits per heavy atom. The maximum atomic E-state index is 12.2. The number of nitrogens with zero attached hydrogens (tertiary/aromatic N) is 1. The second-order valence-electron chi connectivity index (χ2n) is 5.90. The smallest absolute Gasteiger partial charge is 0.236 e. The third-order valence-electron chi connectivity index (χ3n) is 3.81. The van der Waals surface area contributed by atoms with Gasteiger partial charge in [-0.05, 0) is 33.7 Å². The maximum Gasteiger partial charge on any atom is 0.236 e. The third kappa shape index (κ3) is 3.43. The summed E-state index contributed by atoms with van der Waals surface area (Å²) < 4.78 is 5.64. The fourth-order valence-corrected chi connectivity index (χ4v) is 2.75. The predicted octanol–water partition coefficient (Wildman–Crippen LogP) is -0.0362. The van der Waals surface area contributed by atoms with Crippen molar-refractivity contribution in [1.29, 1.82) is 0 Å². The Morgan fingerprint density at radius 1 is 1.44 bits per heavy atom. The van der Waals surface area contributed by atoms with E-state index in [0.29, 0.717) is 19.6 Å². The van der Waals surface area contributed by atoms with E-state index >= 15 is 0 Å². The highest BCUT2D eigenvalue weighted by atomic mass is 16.5. The lowest BCUT2D eigenvalue weighted by Crippen LogP contribution is -2.53. The van der Waals surface area contributed by atoms with Gasteiger partial charge in [-0.25, -0.2) is 0 Å². The Bertz CT molecular complexity index is 293. The largest absolute Gasteiger partial charge is 0.372 e. The minimum absolute atomic E-state index is 0.0686. The average molecular weight is 255 g/mol. The van der Waals surface area contributed by atoms with E-state index in [1.54, 1.807) is 0 Å². The number of carbonyl (C=O) groups excluding carboxylic acids is 1. The summed E-state index contributed by atoms with van der Waals surface area (Å²) in [5.74, 6) is 0.185. The molecule has 0 aromatic heterocycles. The van der Waals surface area contributed by atoms with Gasteiger partial charge in [0.25, 0.3) is 0 Å². The molecule has 104 valence electrons. The number of nitrogens with one attached hydrogen (secondary N) is 2. The average Bonchev–Trinajstić information content (AvgIpc) is 2.72. The number of rotatable bonds is 3. The molecule has 3 atom stereocenters. The Kier molecular flexibility index (Phi) is 4.25. The van der Waals surface area contributed by atoms with Crippen molar-refractivity contribution in [2.24, 2.45) is 0 Å². The molecule has 0 bridgehead atoms. The van der Waals surface area contributed by atoms with Gasteiger partial charge in [0.15, 0.2) is 0 Å². The number of morpholine rings is 1. The van der Waals surface area contributed by atoms with Crippen molar-refractivity contribution in [3.8, 4) is 0 Å². The van der Waals surface area contributed by atoms with Crippen molar-refractivity contribution in [1.82, 2.24) is 15.5 Å². The third-order valence-corrected chi connectivity index (χ3v) is 3.81. The highest BCUT2D eigenvalue weighted by Crippen LogP contribution is 2.14. The van der Waals surface area contributed by atoms with Crippen molar-refractivity contribution in [3.05, 3.63) is 0 Å². The zero-order valence-corrected chi connectivity index (χ0v) is 11.7. The molecule has 0 saturated carbocycles. The quantitative estimate of drug-likeness (QED) is 0.743. The zero-order valence-electron chi connectivity index (χ0n) is 11.7. The van der Waals surface area contributed by atoms with E-state index in [-0.39, 0.29) is 23.7 Å². The Labute approximate surface area is 109 Å². The summed E-state index contributed by atoms with van der Waals surface area (Å²) in [6.45, 7) is 10.0. The van der Waals surface area contributed by atoms with Gasteiger partial charge >= 0.3 is 0 Å². The molecule has 2 rings (SSSR count). The number of hydrogen-bond acceptors (Lipinski definition) is 4. The van der Waals surface area contributed by atoms with Gasteiger partial charge < -0.3 is 20.3 Å². The molecule has 0 aromatic carbocycles. The van der Waals surface area contributed by atoms with Crippen LogP contribution in [-0.2, 0) is 9.53 Å². The standard InChI is InChI=1S/C13H25N3O2/c1-10-7-16(8-11(2)18-10)12(17)6-15-13(3)4-5-14-9-13/h10-11,14-15H,4-9H2,1-3H3. The van der Waals surface area contributed by atoms with Crippen molar-refractivity contribution in [3.63, 3.8) is 0 Å². The number of hydrogen-bond donors (Lipinski definition) is 2. The lowest BCUT2D eigenvalue weighted by Gasteiger charge is -2.36. The van der Waals surface area contributed by atoms with E-state index < -0.39 is 0 Å². The summed E-state index contributed by atoms with van der Waals surface area (Å²) in [4.78, 5) is 14.1. The van der Waals surface area contributed by atoms with Gasteiger partial charge in [-0.2, -0.15) is 0 Å². The normalized spacial score (nSPS) is 36.9. The molecule has 5 nitrogen and oxygen atoms in total. The van der Waals surface area contributed by atoms with Crippen LogP contribution in [0.3, 0.4) is 0 Å². The van der Waals surface area contributed by atoms with Crippen molar-refractivity contribution in [2.75, 3.05) is 32.7 Å². The molecule has 2 heterocycles. The number of carbonyl (C=O) groups is 1. The van der Waals surface area contributed by atoms with Crippen LogP contribution in [0.15, 0.2) is 0 Å². The highest BCUT2D eigenvalue weighted by Gasteiger charge is 2.30. The van der Waals surface area contributed by atoms with E-state index in [4.69, 9.17) is 4.74 Å². The molecule has 2 aliphatic rings. The van der Waals surface area contributed by atoms with E-state index in [9.17, 15) is 4.79 Å². The van der Waals surface area contributed by atoms with Crippen LogP contribution >= 0.6 is 0 Å². The van der Waals surface area contributed by atoms with Crippen LogP contribution in [-0.4, -0.2) is 61.3 Å². The van der Waals surface area contributed by atoms with Crippen molar-refractivity contribution >= 4 is 5.91 Å². The molecule has 2 N–H and O–H groups in total. The molecular weight excluding hydrogens is 230 g/mol. The Balaban J connectivity index is 1.80. The van der Waals surface area contributed by atoms with Crippen LogP contribution in [0.1, 0.15) is 27.2 Å². The molecule has 2 aliphatic heterocycles. The molecular formula is C13H25N3O2. The summed E-state index contributed by atoms with van der Waals surface area (Å²) in [5.41, 5.74) is 0.0686. The zero-order chi connectivity index (χ0) is 13.2. The first-order valence-corrected chi connectivity index (χ1v) is 6.87. The van der Waals surface area contributed by atoms with Gasteiger partial charge in [0, 0.05) is 25.2 Å². The van der Waals surface area contributed by atoms with Crippen LogP contribution in [0.4, 0.5) is 0 Å². The van der Waals surface area contributed by atoms with E-state index in [0.717, 1.165) is 19.5 Å². The summed E-state index contributed by atoms with van der Waals surface area (Å²) in [5, 5.41) is 6.71. The van der Waals surface area contributed by atoms with Gasteiger partial charge in [0.2, 0.25) is 5.91 Å². The van der Waals surface area contributed by atoms with Gasteiger partial charge in [-0.3, -0.25) is 4.79 Å². The second kappa shape index (κ2) is 5.55. The first kappa shape index (κ1) is 13.8. The first-order valence-electron chi connectivity index (χ1n) is 6.87. The van der Waals surface area contributed by atoms with Gasteiger partial charge in [0.05, 0.1) is 18.8 Å². The van der Waals surface area contributed by atoms with Crippen LogP contribution < -0.4 is 10.6 Å². The van der Waals surface area contributed by atoms with E-state index in [1.807, 2.05) is 18.7 Å². The molecule has 0 radical (unpaired) electrons. The lowest BCUT2D eigenvalue weighted by molar-refractivity contribution is -0.142. The van der Waals surface area contributed by atoms with Crippen molar-refractivity contribution in [2.45, 2.75) is 44.9 Å².